The van der Waals surface area contributed by atoms with Crippen LogP contribution in [0.2, 0.25) is 10.0 Å². The number of nitrogens with one attached hydrogen (secondary N) is 1. The number of amides is 2. The Bertz CT molecular complexity index is 817. The van der Waals surface area contributed by atoms with E-state index in [-0.39, 0.29) is 12.5 Å². The summed E-state index contributed by atoms with van der Waals surface area (Å²) in [5.41, 5.74) is 1.85. The van der Waals surface area contributed by atoms with Crippen LogP contribution in [-0.4, -0.2) is 40.3 Å². The first-order valence-electron chi connectivity index (χ1n) is 8.12. The van der Waals surface area contributed by atoms with Crippen molar-refractivity contribution in [3.05, 3.63) is 51.3 Å². The third-order valence-electron chi connectivity index (χ3n) is 4.02. The molecule has 1 aliphatic rings. The molecule has 0 saturated carbocycles. The molecule has 0 aliphatic carbocycles. The second-order valence-corrected chi connectivity index (χ2v) is 6.80. The molecule has 1 aliphatic heterocycles. The molecule has 1 aromatic heterocycles. The van der Waals surface area contributed by atoms with Gasteiger partial charge in [-0.15, -0.1) is 0 Å². The molecule has 0 spiro atoms. The van der Waals surface area contributed by atoms with E-state index in [4.69, 9.17) is 27.9 Å². The molecule has 0 atom stereocenters. The minimum absolute atomic E-state index is 0.0817. The van der Waals surface area contributed by atoms with Gasteiger partial charge in [-0.3, -0.25) is 9.48 Å². The molecule has 1 aromatic carbocycles. The van der Waals surface area contributed by atoms with Crippen LogP contribution in [0.25, 0.3) is 0 Å². The number of aromatic nitrogens is 2. The van der Waals surface area contributed by atoms with Gasteiger partial charge in [0.1, 0.15) is 12.3 Å². The highest BCUT2D eigenvalue weighted by molar-refractivity contribution is 6.34. The Hall–Kier alpha value is -2.25. The monoisotopic (exact) mass is 396 g/mol. The van der Waals surface area contributed by atoms with E-state index >= 15 is 0 Å². The lowest BCUT2D eigenvalue weighted by Crippen LogP contribution is -2.31. The molecule has 0 saturated heterocycles. The predicted octanol–water partition coefficient (Wildman–Crippen LogP) is 3.09. The molecule has 0 fully saturated rings. The highest BCUT2D eigenvalue weighted by atomic mass is 35.5. The average Bonchev–Trinajstić information content (AvgIpc) is 2.89. The van der Waals surface area contributed by atoms with E-state index < -0.39 is 6.09 Å². The average molecular weight is 397 g/mol. The maximum Gasteiger partial charge on any atom is 0.410 e. The number of fused-ring (bicyclic) bond motifs is 1. The topological polar surface area (TPSA) is 76.5 Å². The van der Waals surface area contributed by atoms with E-state index in [1.54, 1.807) is 40.9 Å². The van der Waals surface area contributed by atoms with Crippen LogP contribution >= 0.6 is 23.2 Å². The van der Waals surface area contributed by atoms with Crippen molar-refractivity contribution < 1.29 is 14.3 Å². The van der Waals surface area contributed by atoms with Crippen LogP contribution in [0.4, 0.5) is 4.79 Å². The maximum atomic E-state index is 12.4. The standard InChI is InChI=1S/C17H18Cl2N4O3/c1-20-16(24)15-8-14-9-22(3-2-4-23(14)21-15)17(25)26-10-11-5-12(18)7-13(19)6-11/h5-8H,2-4,9-10H2,1H3,(H,20,24). The molecule has 0 unspecified atom stereocenters. The summed E-state index contributed by atoms with van der Waals surface area (Å²) in [6.07, 6.45) is 0.289. The fourth-order valence-electron chi connectivity index (χ4n) is 2.79. The van der Waals surface area contributed by atoms with Crippen LogP contribution in [0, 0.1) is 0 Å². The SMILES string of the molecule is CNC(=O)c1cc2n(n1)CCCN(C(=O)OCc1cc(Cl)cc(Cl)c1)C2. The number of aryl methyl sites for hydroxylation is 1. The van der Waals surface area contributed by atoms with Gasteiger partial charge in [-0.2, -0.15) is 5.10 Å². The van der Waals surface area contributed by atoms with Crippen molar-refractivity contribution in [1.29, 1.82) is 0 Å². The summed E-state index contributed by atoms with van der Waals surface area (Å²) in [7, 11) is 1.55. The maximum absolute atomic E-state index is 12.4. The van der Waals surface area contributed by atoms with Gasteiger partial charge < -0.3 is 15.0 Å². The number of carbonyl (C=O) groups excluding carboxylic acids is 2. The van der Waals surface area contributed by atoms with E-state index in [2.05, 4.69) is 10.4 Å². The Morgan fingerprint density at radius 3 is 2.62 bits per heavy atom. The van der Waals surface area contributed by atoms with Crippen molar-refractivity contribution in [1.82, 2.24) is 20.0 Å². The highest BCUT2D eigenvalue weighted by Gasteiger charge is 2.23. The van der Waals surface area contributed by atoms with E-state index in [0.29, 0.717) is 35.4 Å². The molecular weight excluding hydrogens is 379 g/mol. The lowest BCUT2D eigenvalue weighted by Gasteiger charge is -2.19. The van der Waals surface area contributed by atoms with Crippen LogP contribution in [0.3, 0.4) is 0 Å². The normalized spacial score (nSPS) is 13.7. The first kappa shape index (κ1) is 18.5. The van der Waals surface area contributed by atoms with Gasteiger partial charge in [0.15, 0.2) is 0 Å². The van der Waals surface area contributed by atoms with Gasteiger partial charge in [0.25, 0.3) is 5.91 Å². The molecule has 0 bridgehead atoms. The summed E-state index contributed by atoms with van der Waals surface area (Å²) >= 11 is 11.9. The summed E-state index contributed by atoms with van der Waals surface area (Å²) in [4.78, 5) is 25.8. The van der Waals surface area contributed by atoms with Gasteiger partial charge in [-0.05, 0) is 36.2 Å². The van der Waals surface area contributed by atoms with Gasteiger partial charge in [0.05, 0.1) is 12.2 Å². The lowest BCUT2D eigenvalue weighted by atomic mass is 10.2. The molecule has 7 nitrogen and oxygen atoms in total. The van der Waals surface area contributed by atoms with Crippen LogP contribution in [0.1, 0.15) is 28.2 Å². The van der Waals surface area contributed by atoms with E-state index in [1.807, 2.05) is 0 Å². The Kier molecular flexibility index (Phi) is 5.68. The zero-order chi connectivity index (χ0) is 18.7. The number of hydrogen-bond donors (Lipinski definition) is 1. The van der Waals surface area contributed by atoms with Crippen molar-refractivity contribution in [2.45, 2.75) is 26.1 Å². The van der Waals surface area contributed by atoms with Crippen molar-refractivity contribution in [2.24, 2.45) is 0 Å². The zero-order valence-corrected chi connectivity index (χ0v) is 15.7. The highest BCUT2D eigenvalue weighted by Crippen LogP contribution is 2.20. The van der Waals surface area contributed by atoms with Gasteiger partial charge in [-0.25, -0.2) is 4.79 Å². The molecule has 2 heterocycles. The van der Waals surface area contributed by atoms with Crippen molar-refractivity contribution >= 4 is 35.2 Å². The van der Waals surface area contributed by atoms with Gasteiger partial charge >= 0.3 is 6.09 Å². The van der Waals surface area contributed by atoms with Crippen molar-refractivity contribution in [2.75, 3.05) is 13.6 Å². The Morgan fingerprint density at radius 1 is 1.19 bits per heavy atom. The van der Waals surface area contributed by atoms with Gasteiger partial charge in [0, 0.05) is 30.2 Å². The van der Waals surface area contributed by atoms with Gasteiger partial charge in [-0.1, -0.05) is 23.2 Å². The van der Waals surface area contributed by atoms with Crippen LogP contribution in [0.15, 0.2) is 24.3 Å². The number of hydrogen-bond acceptors (Lipinski definition) is 4. The van der Waals surface area contributed by atoms with Crippen molar-refractivity contribution in [3.63, 3.8) is 0 Å². The molecule has 138 valence electrons. The molecule has 9 heteroatoms. The number of benzene rings is 1. The zero-order valence-electron chi connectivity index (χ0n) is 14.2. The molecular formula is C17H18Cl2N4O3. The second kappa shape index (κ2) is 7.97. The third kappa shape index (κ3) is 4.28. The summed E-state index contributed by atoms with van der Waals surface area (Å²) in [6, 6.07) is 6.72. The Morgan fingerprint density at radius 2 is 1.92 bits per heavy atom. The van der Waals surface area contributed by atoms with Crippen LogP contribution < -0.4 is 5.32 Å². The Labute approximate surface area is 160 Å². The minimum atomic E-state index is -0.433. The number of nitrogens with zero attached hydrogens (tertiary/aromatic N) is 3. The number of rotatable bonds is 3. The summed E-state index contributed by atoms with van der Waals surface area (Å²) in [5.74, 6) is -0.252. The second-order valence-electron chi connectivity index (χ2n) is 5.93. The van der Waals surface area contributed by atoms with Crippen LogP contribution in [0.5, 0.6) is 0 Å². The third-order valence-corrected chi connectivity index (χ3v) is 4.45. The molecule has 3 rings (SSSR count). The first-order chi connectivity index (χ1) is 12.5. The summed E-state index contributed by atoms with van der Waals surface area (Å²) in [5, 5.41) is 7.81. The largest absolute Gasteiger partial charge is 0.445 e. The first-order valence-corrected chi connectivity index (χ1v) is 8.87. The Balaban J connectivity index is 1.66. The van der Waals surface area contributed by atoms with E-state index in [1.165, 1.54) is 0 Å². The molecule has 0 radical (unpaired) electrons. The van der Waals surface area contributed by atoms with E-state index in [9.17, 15) is 9.59 Å². The molecule has 2 amide bonds. The molecule has 26 heavy (non-hydrogen) atoms. The van der Waals surface area contributed by atoms with Gasteiger partial charge in [0.2, 0.25) is 0 Å². The lowest BCUT2D eigenvalue weighted by molar-refractivity contribution is 0.0942. The molecule has 1 N–H and O–H groups in total. The number of halogens is 2. The fourth-order valence-corrected chi connectivity index (χ4v) is 3.36. The quantitative estimate of drug-likeness (QED) is 0.864. The summed E-state index contributed by atoms with van der Waals surface area (Å²) < 4.78 is 7.14. The van der Waals surface area contributed by atoms with E-state index in [0.717, 1.165) is 17.7 Å². The van der Waals surface area contributed by atoms with Crippen molar-refractivity contribution in [3.8, 4) is 0 Å². The smallest absolute Gasteiger partial charge is 0.410 e. The molecule has 2 aromatic rings. The number of carbonyl (C=O) groups is 2. The minimum Gasteiger partial charge on any atom is -0.445 e. The number of ether oxygens (including phenoxy) is 1. The summed E-state index contributed by atoms with van der Waals surface area (Å²) in [6.45, 7) is 1.60. The predicted molar refractivity (Wildman–Crippen MR) is 97.3 cm³/mol. The fraction of sp³-hybridized carbons (Fsp3) is 0.353. The van der Waals surface area contributed by atoms with Crippen LogP contribution in [-0.2, 0) is 24.4 Å².